The molecule has 0 saturated heterocycles. The number of hydrogen-bond donors (Lipinski definition) is 0. The zero-order valence-corrected chi connectivity index (χ0v) is 11.6. The molecule has 0 fully saturated rings. The maximum Gasteiger partial charge on any atom is 0.175 e. The summed E-state index contributed by atoms with van der Waals surface area (Å²) in [6, 6.07) is 6.90. The van der Waals surface area contributed by atoms with Crippen LogP contribution in [0.3, 0.4) is 0 Å². The largest absolute Gasteiger partial charge is 0.497 e. The molecule has 0 aromatic heterocycles. The molecule has 0 unspecified atom stereocenters. The predicted octanol–water partition coefficient (Wildman–Crippen LogP) is 3.13. The monoisotopic (exact) mass is 248 g/mol. The number of carbonyl (C=O) groups is 2. The van der Waals surface area contributed by atoms with E-state index in [2.05, 4.69) is 0 Å². The lowest BCUT2D eigenvalue weighted by molar-refractivity contribution is -0.127. The molecule has 0 heterocycles. The highest BCUT2D eigenvalue weighted by Crippen LogP contribution is 2.27. The SMILES string of the molecule is COc1cccc(C(=O)C(C)(C)C(=O)C(C)C)c1. The molecule has 0 aliphatic rings. The summed E-state index contributed by atoms with van der Waals surface area (Å²) in [6.07, 6.45) is 0. The van der Waals surface area contributed by atoms with Crippen LogP contribution in [-0.4, -0.2) is 18.7 Å². The molecule has 18 heavy (non-hydrogen) atoms. The number of ether oxygens (including phenoxy) is 1. The number of Topliss-reactive ketones (excluding diaryl/α,β-unsaturated/α-hetero) is 2. The van der Waals surface area contributed by atoms with Crippen LogP contribution >= 0.6 is 0 Å². The first-order chi connectivity index (χ1) is 8.30. The summed E-state index contributed by atoms with van der Waals surface area (Å²) in [5, 5.41) is 0. The fraction of sp³-hybridized carbons (Fsp3) is 0.467. The van der Waals surface area contributed by atoms with E-state index in [0.29, 0.717) is 11.3 Å². The average molecular weight is 248 g/mol. The van der Waals surface area contributed by atoms with Crippen LogP contribution in [-0.2, 0) is 4.79 Å². The second kappa shape index (κ2) is 5.34. The second-order valence-corrected chi connectivity index (χ2v) is 5.21. The molecule has 98 valence electrons. The zero-order valence-electron chi connectivity index (χ0n) is 11.6. The number of carbonyl (C=O) groups excluding carboxylic acids is 2. The van der Waals surface area contributed by atoms with Gasteiger partial charge in [-0.05, 0) is 26.0 Å². The third-order valence-electron chi connectivity index (χ3n) is 3.04. The Morgan fingerprint density at radius 3 is 2.33 bits per heavy atom. The summed E-state index contributed by atoms with van der Waals surface area (Å²) in [5.41, 5.74) is -0.492. The molecule has 3 heteroatoms. The minimum atomic E-state index is -0.999. The van der Waals surface area contributed by atoms with Crippen molar-refractivity contribution >= 4 is 11.6 Å². The average Bonchev–Trinajstić information content (AvgIpc) is 2.36. The lowest BCUT2D eigenvalue weighted by Crippen LogP contribution is -2.36. The molecule has 0 aliphatic carbocycles. The van der Waals surface area contributed by atoms with Crippen LogP contribution in [0.1, 0.15) is 38.1 Å². The number of rotatable bonds is 5. The molecule has 1 aromatic carbocycles. The molecule has 0 N–H and O–H groups in total. The van der Waals surface area contributed by atoms with E-state index >= 15 is 0 Å². The Bertz CT molecular complexity index is 459. The third kappa shape index (κ3) is 2.78. The summed E-state index contributed by atoms with van der Waals surface area (Å²) in [5.74, 6) is 0.249. The first kappa shape index (κ1) is 14.4. The number of methoxy groups -OCH3 is 1. The Hall–Kier alpha value is -1.64. The number of hydrogen-bond acceptors (Lipinski definition) is 3. The Kier molecular flexibility index (Phi) is 4.28. The number of benzene rings is 1. The van der Waals surface area contributed by atoms with Crippen molar-refractivity contribution in [3.05, 3.63) is 29.8 Å². The molecule has 3 nitrogen and oxygen atoms in total. The molecular weight excluding hydrogens is 228 g/mol. The molecule has 0 amide bonds. The van der Waals surface area contributed by atoms with Crippen molar-refractivity contribution in [2.45, 2.75) is 27.7 Å². The van der Waals surface area contributed by atoms with Gasteiger partial charge in [0.05, 0.1) is 12.5 Å². The van der Waals surface area contributed by atoms with E-state index in [4.69, 9.17) is 4.74 Å². The van der Waals surface area contributed by atoms with Crippen molar-refractivity contribution in [2.24, 2.45) is 11.3 Å². The van der Waals surface area contributed by atoms with Crippen LogP contribution in [0.25, 0.3) is 0 Å². The highest BCUT2D eigenvalue weighted by Gasteiger charge is 2.37. The fourth-order valence-electron chi connectivity index (χ4n) is 1.96. The zero-order chi connectivity index (χ0) is 13.9. The van der Waals surface area contributed by atoms with Crippen LogP contribution < -0.4 is 4.74 Å². The summed E-state index contributed by atoms with van der Waals surface area (Å²) >= 11 is 0. The topological polar surface area (TPSA) is 43.4 Å². The van der Waals surface area contributed by atoms with Gasteiger partial charge in [0, 0.05) is 11.5 Å². The fourth-order valence-corrected chi connectivity index (χ4v) is 1.96. The second-order valence-electron chi connectivity index (χ2n) is 5.21. The van der Waals surface area contributed by atoms with E-state index in [1.807, 2.05) is 13.8 Å². The lowest BCUT2D eigenvalue weighted by Gasteiger charge is -2.23. The van der Waals surface area contributed by atoms with Gasteiger partial charge in [-0.1, -0.05) is 26.0 Å². The lowest BCUT2D eigenvalue weighted by atomic mass is 9.76. The quantitative estimate of drug-likeness (QED) is 0.594. The van der Waals surface area contributed by atoms with Gasteiger partial charge in [-0.15, -0.1) is 0 Å². The molecule has 0 radical (unpaired) electrons. The van der Waals surface area contributed by atoms with Gasteiger partial charge in [0.2, 0.25) is 0 Å². The van der Waals surface area contributed by atoms with Crippen molar-refractivity contribution in [3.8, 4) is 5.75 Å². The van der Waals surface area contributed by atoms with E-state index in [1.165, 1.54) is 0 Å². The van der Waals surface area contributed by atoms with Crippen LogP contribution in [0.5, 0.6) is 5.75 Å². The molecule has 0 saturated carbocycles. The van der Waals surface area contributed by atoms with Crippen LogP contribution in [0, 0.1) is 11.3 Å². The van der Waals surface area contributed by atoms with Gasteiger partial charge in [0.15, 0.2) is 5.78 Å². The Morgan fingerprint density at radius 1 is 1.22 bits per heavy atom. The molecular formula is C15H20O3. The summed E-state index contributed by atoms with van der Waals surface area (Å²) in [6.45, 7) is 6.97. The van der Waals surface area contributed by atoms with Crippen LogP contribution in [0.4, 0.5) is 0 Å². The van der Waals surface area contributed by atoms with Crippen LogP contribution in [0.2, 0.25) is 0 Å². The molecule has 0 spiro atoms. The summed E-state index contributed by atoms with van der Waals surface area (Å²) in [7, 11) is 1.55. The van der Waals surface area contributed by atoms with E-state index < -0.39 is 5.41 Å². The minimum absolute atomic E-state index is 0.0460. The minimum Gasteiger partial charge on any atom is -0.497 e. The predicted molar refractivity (Wildman–Crippen MR) is 71.0 cm³/mol. The van der Waals surface area contributed by atoms with Gasteiger partial charge in [0.25, 0.3) is 0 Å². The van der Waals surface area contributed by atoms with Gasteiger partial charge in [0.1, 0.15) is 11.5 Å². The van der Waals surface area contributed by atoms with Crippen molar-refractivity contribution in [1.82, 2.24) is 0 Å². The van der Waals surface area contributed by atoms with E-state index in [1.54, 1.807) is 45.2 Å². The highest BCUT2D eigenvalue weighted by atomic mass is 16.5. The highest BCUT2D eigenvalue weighted by molar-refractivity contribution is 6.14. The first-order valence-corrected chi connectivity index (χ1v) is 6.04. The normalized spacial score (nSPS) is 11.4. The van der Waals surface area contributed by atoms with Gasteiger partial charge in [-0.25, -0.2) is 0 Å². The Labute approximate surface area is 108 Å². The molecule has 0 aliphatic heterocycles. The molecule has 1 aromatic rings. The smallest absolute Gasteiger partial charge is 0.175 e. The standard InChI is InChI=1S/C15H20O3/c1-10(2)13(16)15(3,4)14(17)11-7-6-8-12(9-11)18-5/h6-10H,1-5H3. The maximum absolute atomic E-state index is 12.4. The molecule has 0 bridgehead atoms. The van der Waals surface area contributed by atoms with Gasteiger partial charge in [-0.2, -0.15) is 0 Å². The van der Waals surface area contributed by atoms with E-state index in [9.17, 15) is 9.59 Å². The first-order valence-electron chi connectivity index (χ1n) is 6.04. The molecule has 0 atom stereocenters. The van der Waals surface area contributed by atoms with Gasteiger partial charge < -0.3 is 4.74 Å². The van der Waals surface area contributed by atoms with Crippen molar-refractivity contribution < 1.29 is 14.3 Å². The number of ketones is 2. The van der Waals surface area contributed by atoms with Crippen molar-refractivity contribution in [2.75, 3.05) is 7.11 Å². The van der Waals surface area contributed by atoms with E-state index in [-0.39, 0.29) is 17.5 Å². The van der Waals surface area contributed by atoms with Gasteiger partial charge >= 0.3 is 0 Å². The van der Waals surface area contributed by atoms with Crippen LogP contribution in [0.15, 0.2) is 24.3 Å². The Morgan fingerprint density at radius 2 is 1.83 bits per heavy atom. The Balaban J connectivity index is 3.09. The maximum atomic E-state index is 12.4. The van der Waals surface area contributed by atoms with Gasteiger partial charge in [-0.3, -0.25) is 9.59 Å². The van der Waals surface area contributed by atoms with E-state index in [0.717, 1.165) is 0 Å². The summed E-state index contributed by atoms with van der Waals surface area (Å²) in [4.78, 5) is 24.5. The van der Waals surface area contributed by atoms with Crippen molar-refractivity contribution in [3.63, 3.8) is 0 Å². The molecule has 1 rings (SSSR count). The van der Waals surface area contributed by atoms with Crippen molar-refractivity contribution in [1.29, 1.82) is 0 Å². The summed E-state index contributed by atoms with van der Waals surface area (Å²) < 4.78 is 5.09. The third-order valence-corrected chi connectivity index (χ3v) is 3.04.